The van der Waals surface area contributed by atoms with Crippen molar-refractivity contribution < 1.29 is 22.7 Å². The minimum atomic E-state index is -4.69. The van der Waals surface area contributed by atoms with Crippen molar-refractivity contribution in [1.82, 2.24) is 9.78 Å². The Morgan fingerprint density at radius 3 is 2.86 bits per heavy atom. The number of nitrogens with zero attached hydrogens (tertiary/aromatic N) is 2. The standard InChI is InChI=1S/C20H24F3N3O2/c1-13-5-3-8-16(9-13)28-12-14-6-4-7-15(10-14)24-19(27)17-11-26(2)25-18(17)20(21,22)23/h4,6-7,10-11,13,16H,3,5,8-9,12H2,1-2H3,(H,24,27). The SMILES string of the molecule is CC1CCCC(OCc2cccc(NC(=O)c3cn(C)nc3C(F)(F)F)c2)C1. The monoisotopic (exact) mass is 395 g/mol. The molecule has 2 aromatic rings. The highest BCUT2D eigenvalue weighted by atomic mass is 19.4. The molecule has 5 nitrogen and oxygen atoms in total. The van der Waals surface area contributed by atoms with Crippen LogP contribution in [-0.2, 0) is 24.6 Å². The maximum atomic E-state index is 13.1. The first-order valence-corrected chi connectivity index (χ1v) is 9.35. The first-order valence-electron chi connectivity index (χ1n) is 9.35. The predicted octanol–water partition coefficient (Wildman–Crippen LogP) is 4.79. The molecule has 2 atom stereocenters. The zero-order valence-electron chi connectivity index (χ0n) is 15.9. The van der Waals surface area contributed by atoms with Gasteiger partial charge in [0.25, 0.3) is 5.91 Å². The lowest BCUT2D eigenvalue weighted by atomic mass is 9.89. The Kier molecular flexibility index (Phi) is 6.07. The molecule has 1 aromatic heterocycles. The van der Waals surface area contributed by atoms with Crippen LogP contribution in [0.3, 0.4) is 0 Å². The van der Waals surface area contributed by atoms with Gasteiger partial charge in [-0.1, -0.05) is 31.9 Å². The van der Waals surface area contributed by atoms with Crippen LogP contribution in [-0.4, -0.2) is 21.8 Å². The van der Waals surface area contributed by atoms with Crippen LogP contribution in [0, 0.1) is 5.92 Å². The van der Waals surface area contributed by atoms with Gasteiger partial charge in [0.15, 0.2) is 5.69 Å². The number of rotatable bonds is 5. The minimum Gasteiger partial charge on any atom is -0.374 e. The van der Waals surface area contributed by atoms with Gasteiger partial charge in [-0.05, 0) is 36.5 Å². The van der Waals surface area contributed by atoms with Gasteiger partial charge in [-0.3, -0.25) is 9.48 Å². The number of halogens is 3. The summed E-state index contributed by atoms with van der Waals surface area (Å²) in [6.07, 6.45) is 1.08. The highest BCUT2D eigenvalue weighted by Gasteiger charge is 2.39. The molecule has 28 heavy (non-hydrogen) atoms. The van der Waals surface area contributed by atoms with Crippen molar-refractivity contribution >= 4 is 11.6 Å². The van der Waals surface area contributed by atoms with E-state index in [4.69, 9.17) is 4.74 Å². The van der Waals surface area contributed by atoms with Crippen LogP contribution >= 0.6 is 0 Å². The van der Waals surface area contributed by atoms with E-state index < -0.39 is 23.3 Å². The summed E-state index contributed by atoms with van der Waals surface area (Å²) in [7, 11) is 1.34. The number of aromatic nitrogens is 2. The zero-order valence-corrected chi connectivity index (χ0v) is 15.9. The Morgan fingerprint density at radius 1 is 1.36 bits per heavy atom. The highest BCUT2D eigenvalue weighted by molar-refractivity contribution is 6.05. The molecule has 1 aromatic carbocycles. The number of carbonyl (C=O) groups excluding carboxylic acids is 1. The fourth-order valence-electron chi connectivity index (χ4n) is 3.55. The summed E-state index contributed by atoms with van der Waals surface area (Å²) in [4.78, 5) is 12.4. The third kappa shape index (κ3) is 5.13. The number of amides is 1. The summed E-state index contributed by atoms with van der Waals surface area (Å²) in [6.45, 7) is 2.63. The van der Waals surface area contributed by atoms with E-state index in [-0.39, 0.29) is 6.10 Å². The van der Waals surface area contributed by atoms with Gasteiger partial charge in [0.1, 0.15) is 0 Å². The number of anilines is 1. The Bertz CT molecular complexity index is 832. The molecule has 3 rings (SSSR count). The van der Waals surface area contributed by atoms with Gasteiger partial charge in [-0.15, -0.1) is 0 Å². The van der Waals surface area contributed by atoms with Crippen LogP contribution < -0.4 is 5.32 Å². The molecule has 152 valence electrons. The summed E-state index contributed by atoms with van der Waals surface area (Å²) < 4.78 is 46.1. The van der Waals surface area contributed by atoms with Crippen molar-refractivity contribution in [1.29, 1.82) is 0 Å². The number of hydrogen-bond donors (Lipinski definition) is 1. The normalized spacial score (nSPS) is 20.2. The number of benzene rings is 1. The molecule has 1 saturated carbocycles. The van der Waals surface area contributed by atoms with E-state index in [1.807, 2.05) is 6.07 Å². The molecule has 1 aliphatic rings. The molecule has 8 heteroatoms. The molecule has 0 aliphatic heterocycles. The summed E-state index contributed by atoms with van der Waals surface area (Å²) in [6, 6.07) is 6.96. The number of hydrogen-bond acceptors (Lipinski definition) is 3. The van der Waals surface area contributed by atoms with Gasteiger partial charge in [-0.25, -0.2) is 0 Å². The molecule has 1 fully saturated rings. The summed E-state index contributed by atoms with van der Waals surface area (Å²) in [5.41, 5.74) is -0.426. The molecule has 0 radical (unpaired) electrons. The van der Waals surface area contributed by atoms with E-state index in [1.54, 1.807) is 18.2 Å². The second-order valence-corrected chi connectivity index (χ2v) is 7.42. The average Bonchev–Trinajstić information content (AvgIpc) is 3.03. The summed E-state index contributed by atoms with van der Waals surface area (Å²) in [5.74, 6) is -0.189. The lowest BCUT2D eigenvalue weighted by Crippen LogP contribution is -2.21. The van der Waals surface area contributed by atoms with Gasteiger partial charge in [0.05, 0.1) is 18.3 Å². The molecule has 1 heterocycles. The maximum Gasteiger partial charge on any atom is 0.435 e. The molecule has 2 unspecified atom stereocenters. The average molecular weight is 395 g/mol. The summed E-state index contributed by atoms with van der Waals surface area (Å²) >= 11 is 0. The minimum absolute atomic E-state index is 0.228. The molecule has 0 bridgehead atoms. The number of alkyl halides is 3. The molecule has 1 aliphatic carbocycles. The lowest BCUT2D eigenvalue weighted by molar-refractivity contribution is -0.141. The highest BCUT2D eigenvalue weighted by Crippen LogP contribution is 2.31. The van der Waals surface area contributed by atoms with Crippen molar-refractivity contribution in [3.05, 3.63) is 47.3 Å². The fourth-order valence-corrected chi connectivity index (χ4v) is 3.55. The Balaban J connectivity index is 1.65. The van der Waals surface area contributed by atoms with Crippen LogP contribution in [0.15, 0.2) is 30.5 Å². The topological polar surface area (TPSA) is 56.1 Å². The van der Waals surface area contributed by atoms with Crippen LogP contribution in [0.5, 0.6) is 0 Å². The quantitative estimate of drug-likeness (QED) is 0.792. The predicted molar refractivity (Wildman–Crippen MR) is 98.8 cm³/mol. The zero-order chi connectivity index (χ0) is 20.3. The van der Waals surface area contributed by atoms with Crippen molar-refractivity contribution in [2.24, 2.45) is 13.0 Å². The van der Waals surface area contributed by atoms with Gasteiger partial charge in [0, 0.05) is 18.9 Å². The van der Waals surface area contributed by atoms with Gasteiger partial charge in [-0.2, -0.15) is 18.3 Å². The maximum absolute atomic E-state index is 13.1. The number of aryl methyl sites for hydroxylation is 1. The summed E-state index contributed by atoms with van der Waals surface area (Å²) in [5, 5.41) is 5.88. The second-order valence-electron chi connectivity index (χ2n) is 7.42. The van der Waals surface area contributed by atoms with Crippen LogP contribution in [0.25, 0.3) is 0 Å². The van der Waals surface area contributed by atoms with Crippen molar-refractivity contribution in [2.75, 3.05) is 5.32 Å². The van der Waals surface area contributed by atoms with E-state index in [9.17, 15) is 18.0 Å². The number of nitrogens with one attached hydrogen (secondary N) is 1. The van der Waals surface area contributed by atoms with Gasteiger partial charge in [0.2, 0.25) is 0 Å². The van der Waals surface area contributed by atoms with E-state index in [1.165, 1.54) is 13.5 Å². The van der Waals surface area contributed by atoms with E-state index in [0.717, 1.165) is 35.7 Å². The molecule has 0 spiro atoms. The van der Waals surface area contributed by atoms with Crippen LogP contribution in [0.1, 0.15) is 54.2 Å². The van der Waals surface area contributed by atoms with Crippen molar-refractivity contribution in [2.45, 2.75) is 51.5 Å². The van der Waals surface area contributed by atoms with E-state index >= 15 is 0 Å². The number of carbonyl (C=O) groups is 1. The third-order valence-electron chi connectivity index (χ3n) is 4.90. The molecule has 0 saturated heterocycles. The van der Waals surface area contributed by atoms with Crippen molar-refractivity contribution in [3.63, 3.8) is 0 Å². The first kappa shape index (κ1) is 20.4. The largest absolute Gasteiger partial charge is 0.435 e. The van der Waals surface area contributed by atoms with E-state index in [0.29, 0.717) is 18.2 Å². The smallest absolute Gasteiger partial charge is 0.374 e. The fraction of sp³-hybridized carbons (Fsp3) is 0.500. The lowest BCUT2D eigenvalue weighted by Gasteiger charge is -2.26. The number of ether oxygens (including phenoxy) is 1. The van der Waals surface area contributed by atoms with Gasteiger partial charge >= 0.3 is 6.18 Å². The molecule has 1 N–H and O–H groups in total. The van der Waals surface area contributed by atoms with Crippen LogP contribution in [0.2, 0.25) is 0 Å². The second kappa shape index (κ2) is 8.34. The van der Waals surface area contributed by atoms with Gasteiger partial charge < -0.3 is 10.1 Å². The Hall–Kier alpha value is -2.35. The van der Waals surface area contributed by atoms with Crippen LogP contribution in [0.4, 0.5) is 18.9 Å². The molecular formula is C20H24F3N3O2. The first-order chi connectivity index (χ1) is 13.2. The van der Waals surface area contributed by atoms with E-state index in [2.05, 4.69) is 17.3 Å². The van der Waals surface area contributed by atoms with Crippen molar-refractivity contribution in [3.8, 4) is 0 Å². The molecular weight excluding hydrogens is 371 g/mol. The Morgan fingerprint density at radius 2 is 2.14 bits per heavy atom. The third-order valence-corrected chi connectivity index (χ3v) is 4.90. The Labute approximate surface area is 161 Å². The molecule has 1 amide bonds.